The summed E-state index contributed by atoms with van der Waals surface area (Å²) in [6.45, 7) is 10.0. The standard InChI is InChI=1S/C22H26N4O/c1-14-7-8-15(2)18(11-14)12-19-16(3)24-21-20(13-23-26(21)17(19)4)22(27)25-9-5-6-10-25/h7-8,11,13H,5-6,9-10,12H2,1-4H3. The zero-order valence-corrected chi connectivity index (χ0v) is 16.5. The van der Waals surface area contributed by atoms with Crippen molar-refractivity contribution in [2.75, 3.05) is 13.1 Å². The SMILES string of the molecule is Cc1ccc(C)c(Cc2c(C)nc3c(C(=O)N4CCCC4)cnn3c2C)c1. The molecule has 5 nitrogen and oxygen atoms in total. The third-order valence-electron chi connectivity index (χ3n) is 5.70. The van der Waals surface area contributed by atoms with Gasteiger partial charge in [0.25, 0.3) is 5.91 Å². The van der Waals surface area contributed by atoms with Crippen LogP contribution in [-0.4, -0.2) is 38.5 Å². The number of likely N-dealkylation sites (tertiary alicyclic amines) is 1. The molecule has 0 atom stereocenters. The van der Waals surface area contributed by atoms with E-state index in [0.29, 0.717) is 11.2 Å². The molecule has 1 saturated heterocycles. The van der Waals surface area contributed by atoms with Gasteiger partial charge in [0.15, 0.2) is 5.65 Å². The fourth-order valence-electron chi connectivity index (χ4n) is 3.99. The summed E-state index contributed by atoms with van der Waals surface area (Å²) in [6, 6.07) is 6.55. The number of amides is 1. The van der Waals surface area contributed by atoms with Crippen LogP contribution in [0.3, 0.4) is 0 Å². The van der Waals surface area contributed by atoms with Crippen LogP contribution in [0, 0.1) is 27.7 Å². The summed E-state index contributed by atoms with van der Waals surface area (Å²) in [5.74, 6) is 0.0519. The Morgan fingerprint density at radius 2 is 1.85 bits per heavy atom. The van der Waals surface area contributed by atoms with Gasteiger partial charge in [-0.25, -0.2) is 9.50 Å². The van der Waals surface area contributed by atoms with Gasteiger partial charge >= 0.3 is 0 Å². The highest BCUT2D eigenvalue weighted by molar-refractivity contribution is 5.99. The minimum atomic E-state index is 0.0519. The van der Waals surface area contributed by atoms with Gasteiger partial charge in [0.2, 0.25) is 0 Å². The van der Waals surface area contributed by atoms with Crippen molar-refractivity contribution < 1.29 is 4.79 Å². The maximum absolute atomic E-state index is 12.8. The molecular weight excluding hydrogens is 336 g/mol. The molecule has 0 bridgehead atoms. The Bertz CT molecular complexity index is 1030. The Hall–Kier alpha value is -2.69. The molecule has 0 N–H and O–H groups in total. The van der Waals surface area contributed by atoms with Crippen molar-refractivity contribution in [2.24, 2.45) is 0 Å². The summed E-state index contributed by atoms with van der Waals surface area (Å²) in [7, 11) is 0. The number of nitrogens with zero attached hydrogens (tertiary/aromatic N) is 4. The van der Waals surface area contributed by atoms with E-state index in [4.69, 9.17) is 4.98 Å². The second-order valence-corrected chi connectivity index (χ2v) is 7.66. The van der Waals surface area contributed by atoms with Crippen molar-refractivity contribution in [1.29, 1.82) is 0 Å². The Labute approximate surface area is 160 Å². The first-order valence-electron chi connectivity index (χ1n) is 9.65. The highest BCUT2D eigenvalue weighted by Gasteiger charge is 2.24. The number of hydrogen-bond acceptors (Lipinski definition) is 3. The number of aromatic nitrogens is 3. The van der Waals surface area contributed by atoms with Crippen LogP contribution < -0.4 is 0 Å². The third kappa shape index (κ3) is 3.11. The molecule has 1 aliphatic heterocycles. The van der Waals surface area contributed by atoms with E-state index in [1.807, 2.05) is 16.3 Å². The maximum atomic E-state index is 12.8. The lowest BCUT2D eigenvalue weighted by atomic mass is 9.97. The van der Waals surface area contributed by atoms with E-state index in [2.05, 4.69) is 44.1 Å². The number of hydrogen-bond donors (Lipinski definition) is 0. The number of rotatable bonds is 3. The predicted octanol–water partition coefficient (Wildman–Crippen LogP) is 3.79. The average Bonchev–Trinajstić information content (AvgIpc) is 3.30. The summed E-state index contributed by atoms with van der Waals surface area (Å²) < 4.78 is 1.83. The molecule has 140 valence electrons. The van der Waals surface area contributed by atoms with Crippen molar-refractivity contribution in [1.82, 2.24) is 19.5 Å². The average molecular weight is 362 g/mol. The summed E-state index contributed by atoms with van der Waals surface area (Å²) >= 11 is 0. The number of carbonyl (C=O) groups excluding carboxylic acids is 1. The first kappa shape index (κ1) is 17.7. The van der Waals surface area contributed by atoms with Gasteiger partial charge in [-0.1, -0.05) is 23.8 Å². The van der Waals surface area contributed by atoms with E-state index in [9.17, 15) is 4.79 Å². The predicted molar refractivity (Wildman–Crippen MR) is 106 cm³/mol. The Kier molecular flexibility index (Phi) is 4.46. The number of fused-ring (bicyclic) bond motifs is 1. The second-order valence-electron chi connectivity index (χ2n) is 7.66. The third-order valence-corrected chi connectivity index (χ3v) is 5.70. The van der Waals surface area contributed by atoms with Crippen molar-refractivity contribution in [2.45, 2.75) is 47.0 Å². The van der Waals surface area contributed by atoms with Crippen molar-refractivity contribution in [3.8, 4) is 0 Å². The number of aryl methyl sites for hydroxylation is 4. The van der Waals surface area contributed by atoms with E-state index in [0.717, 1.165) is 43.7 Å². The molecule has 27 heavy (non-hydrogen) atoms. The van der Waals surface area contributed by atoms with E-state index < -0.39 is 0 Å². The molecule has 3 heterocycles. The van der Waals surface area contributed by atoms with E-state index in [1.165, 1.54) is 22.3 Å². The quantitative estimate of drug-likeness (QED) is 0.712. The minimum Gasteiger partial charge on any atom is -0.338 e. The fourth-order valence-corrected chi connectivity index (χ4v) is 3.99. The molecule has 0 saturated carbocycles. The van der Waals surface area contributed by atoms with E-state index in [1.54, 1.807) is 6.20 Å². The number of carbonyl (C=O) groups is 1. The monoisotopic (exact) mass is 362 g/mol. The van der Waals surface area contributed by atoms with Crippen molar-refractivity contribution in [3.63, 3.8) is 0 Å². The van der Waals surface area contributed by atoms with Gasteiger partial charge in [-0.15, -0.1) is 0 Å². The maximum Gasteiger partial charge on any atom is 0.259 e. The zero-order valence-electron chi connectivity index (χ0n) is 16.5. The molecule has 5 heteroatoms. The van der Waals surface area contributed by atoms with E-state index >= 15 is 0 Å². The minimum absolute atomic E-state index is 0.0519. The molecule has 1 fully saturated rings. The molecule has 3 aromatic rings. The molecule has 4 rings (SSSR count). The van der Waals surface area contributed by atoms with Gasteiger partial charge in [0, 0.05) is 30.9 Å². The van der Waals surface area contributed by atoms with Gasteiger partial charge in [-0.2, -0.15) is 5.10 Å². The highest BCUT2D eigenvalue weighted by atomic mass is 16.2. The molecule has 1 aliphatic rings. The van der Waals surface area contributed by atoms with E-state index in [-0.39, 0.29) is 5.91 Å². The smallest absolute Gasteiger partial charge is 0.259 e. The first-order chi connectivity index (χ1) is 13.0. The molecule has 1 aromatic carbocycles. The largest absolute Gasteiger partial charge is 0.338 e. The number of benzene rings is 1. The Balaban J connectivity index is 1.76. The van der Waals surface area contributed by atoms with Crippen LogP contribution in [0.2, 0.25) is 0 Å². The fraction of sp³-hybridized carbons (Fsp3) is 0.409. The van der Waals surface area contributed by atoms with Crippen LogP contribution in [0.15, 0.2) is 24.4 Å². The van der Waals surface area contributed by atoms with Crippen molar-refractivity contribution >= 4 is 11.6 Å². The lowest BCUT2D eigenvalue weighted by Crippen LogP contribution is -2.27. The van der Waals surface area contributed by atoms with Crippen LogP contribution in [0.4, 0.5) is 0 Å². The normalized spacial score (nSPS) is 14.3. The van der Waals surface area contributed by atoms with Crippen LogP contribution in [-0.2, 0) is 6.42 Å². The van der Waals surface area contributed by atoms with Gasteiger partial charge in [0.1, 0.15) is 5.56 Å². The van der Waals surface area contributed by atoms with Crippen LogP contribution in [0.1, 0.15) is 56.8 Å². The topological polar surface area (TPSA) is 50.5 Å². The zero-order chi connectivity index (χ0) is 19.1. The Morgan fingerprint density at radius 1 is 1.11 bits per heavy atom. The first-order valence-corrected chi connectivity index (χ1v) is 9.65. The van der Waals surface area contributed by atoms with Gasteiger partial charge in [0.05, 0.1) is 6.20 Å². The van der Waals surface area contributed by atoms with Gasteiger partial charge in [-0.05, 0) is 57.2 Å². The Morgan fingerprint density at radius 3 is 2.59 bits per heavy atom. The second kappa shape index (κ2) is 6.80. The lowest BCUT2D eigenvalue weighted by molar-refractivity contribution is 0.0794. The molecule has 1 amide bonds. The molecule has 0 aliphatic carbocycles. The van der Waals surface area contributed by atoms with Gasteiger partial charge in [-0.3, -0.25) is 4.79 Å². The molecule has 2 aromatic heterocycles. The molecular formula is C22H26N4O. The summed E-state index contributed by atoms with van der Waals surface area (Å²) in [6.07, 6.45) is 4.66. The van der Waals surface area contributed by atoms with Crippen LogP contribution >= 0.6 is 0 Å². The summed E-state index contributed by atoms with van der Waals surface area (Å²) in [4.78, 5) is 19.5. The molecule has 0 spiro atoms. The summed E-state index contributed by atoms with van der Waals surface area (Å²) in [5, 5.41) is 4.50. The summed E-state index contributed by atoms with van der Waals surface area (Å²) in [5.41, 5.74) is 8.34. The lowest BCUT2D eigenvalue weighted by Gasteiger charge is -2.15. The molecule has 0 radical (unpaired) electrons. The van der Waals surface area contributed by atoms with Crippen LogP contribution in [0.5, 0.6) is 0 Å². The van der Waals surface area contributed by atoms with Crippen LogP contribution in [0.25, 0.3) is 5.65 Å². The highest BCUT2D eigenvalue weighted by Crippen LogP contribution is 2.23. The van der Waals surface area contributed by atoms with Gasteiger partial charge < -0.3 is 4.90 Å². The van der Waals surface area contributed by atoms with Crippen molar-refractivity contribution in [3.05, 3.63) is 63.6 Å². The molecule has 0 unspecified atom stereocenters.